The molecule has 1 saturated heterocycles. The van der Waals surface area contributed by atoms with Crippen LogP contribution in [-0.4, -0.2) is 24.0 Å². The van der Waals surface area contributed by atoms with E-state index < -0.39 is 0 Å². The number of likely N-dealkylation sites (tertiary alicyclic amines) is 1. The van der Waals surface area contributed by atoms with Gasteiger partial charge in [-0.15, -0.1) is 0 Å². The third-order valence-electron chi connectivity index (χ3n) is 6.22. The van der Waals surface area contributed by atoms with Crippen LogP contribution in [0, 0.1) is 11.8 Å². The van der Waals surface area contributed by atoms with Gasteiger partial charge in [0.05, 0.1) is 0 Å². The lowest BCUT2D eigenvalue weighted by Crippen LogP contribution is -2.58. The van der Waals surface area contributed by atoms with Crippen LogP contribution in [-0.2, 0) is 11.8 Å². The van der Waals surface area contributed by atoms with E-state index in [0.717, 1.165) is 17.9 Å². The zero-order valence-corrected chi connectivity index (χ0v) is 12.2. The van der Waals surface area contributed by atoms with E-state index in [-0.39, 0.29) is 0 Å². The normalized spacial score (nSPS) is 38.0. The van der Waals surface area contributed by atoms with Crippen molar-refractivity contribution in [3.63, 3.8) is 0 Å². The molecule has 1 aromatic carbocycles. The van der Waals surface area contributed by atoms with Crippen LogP contribution in [0.3, 0.4) is 0 Å². The fourth-order valence-corrected chi connectivity index (χ4v) is 4.54. The number of fused-ring (bicyclic) bond motifs is 4. The quantitative estimate of drug-likeness (QED) is 0.780. The van der Waals surface area contributed by atoms with Gasteiger partial charge in [0.1, 0.15) is 0 Å². The monoisotopic (exact) mass is 255 g/mol. The summed E-state index contributed by atoms with van der Waals surface area (Å²) in [5.41, 5.74) is 3.68. The summed E-state index contributed by atoms with van der Waals surface area (Å²) >= 11 is 0. The molecule has 0 amide bonds. The predicted molar refractivity (Wildman–Crippen MR) is 79.4 cm³/mol. The average molecular weight is 255 g/mol. The SMILES string of the molecule is C[C@@H]1[C@@H]2Cc3ccccc3[C@@]1(C)CCN2CC1CC1. The Kier molecular flexibility index (Phi) is 2.57. The van der Waals surface area contributed by atoms with Crippen LogP contribution in [0.25, 0.3) is 0 Å². The molecule has 4 rings (SSSR count). The van der Waals surface area contributed by atoms with Crippen molar-refractivity contribution in [1.82, 2.24) is 4.90 Å². The number of benzene rings is 1. The highest BCUT2D eigenvalue weighted by Crippen LogP contribution is 2.49. The summed E-state index contributed by atoms with van der Waals surface area (Å²) in [5.74, 6) is 1.82. The van der Waals surface area contributed by atoms with E-state index >= 15 is 0 Å². The van der Waals surface area contributed by atoms with Crippen molar-refractivity contribution in [2.24, 2.45) is 11.8 Å². The van der Waals surface area contributed by atoms with Crippen LogP contribution in [0.5, 0.6) is 0 Å². The topological polar surface area (TPSA) is 3.24 Å². The second kappa shape index (κ2) is 4.09. The molecule has 1 aromatic rings. The zero-order chi connectivity index (χ0) is 13.0. The number of rotatable bonds is 2. The van der Waals surface area contributed by atoms with Gasteiger partial charge in [-0.2, -0.15) is 0 Å². The Morgan fingerprint density at radius 1 is 1.26 bits per heavy atom. The van der Waals surface area contributed by atoms with E-state index in [2.05, 4.69) is 43.0 Å². The molecule has 0 aromatic heterocycles. The Balaban J connectivity index is 1.70. The maximum absolute atomic E-state index is 2.82. The molecule has 2 aliphatic carbocycles. The van der Waals surface area contributed by atoms with E-state index in [0.29, 0.717) is 5.41 Å². The predicted octanol–water partition coefficient (Wildman–Crippen LogP) is 3.62. The molecule has 0 radical (unpaired) electrons. The maximum atomic E-state index is 2.82. The molecule has 1 heterocycles. The molecule has 1 saturated carbocycles. The smallest absolute Gasteiger partial charge is 0.0170 e. The van der Waals surface area contributed by atoms with Gasteiger partial charge in [0.2, 0.25) is 0 Å². The Hall–Kier alpha value is -0.820. The lowest BCUT2D eigenvalue weighted by molar-refractivity contribution is 0.0284. The average Bonchev–Trinajstić information content (AvgIpc) is 3.21. The first-order chi connectivity index (χ1) is 9.18. The summed E-state index contributed by atoms with van der Waals surface area (Å²) in [6, 6.07) is 9.99. The van der Waals surface area contributed by atoms with Crippen LogP contribution in [0.4, 0.5) is 0 Å². The minimum absolute atomic E-state index is 0.416. The Labute approximate surface area is 117 Å². The third kappa shape index (κ3) is 1.78. The highest BCUT2D eigenvalue weighted by atomic mass is 15.2. The van der Waals surface area contributed by atoms with Crippen molar-refractivity contribution in [1.29, 1.82) is 0 Å². The van der Waals surface area contributed by atoms with Gasteiger partial charge in [-0.1, -0.05) is 38.1 Å². The molecule has 1 heteroatoms. The summed E-state index contributed by atoms with van der Waals surface area (Å²) in [6.07, 6.45) is 5.57. The molecule has 0 spiro atoms. The third-order valence-corrected chi connectivity index (χ3v) is 6.22. The second-order valence-electron chi connectivity index (χ2n) is 7.32. The van der Waals surface area contributed by atoms with Gasteiger partial charge in [0, 0.05) is 12.6 Å². The van der Waals surface area contributed by atoms with Crippen LogP contribution in [0.15, 0.2) is 24.3 Å². The van der Waals surface area contributed by atoms with Gasteiger partial charge in [-0.05, 0) is 60.6 Å². The van der Waals surface area contributed by atoms with E-state index in [9.17, 15) is 0 Å². The van der Waals surface area contributed by atoms with Crippen molar-refractivity contribution in [2.75, 3.05) is 13.1 Å². The fourth-order valence-electron chi connectivity index (χ4n) is 4.54. The molecule has 0 unspecified atom stereocenters. The highest BCUT2D eigenvalue weighted by molar-refractivity contribution is 5.39. The highest BCUT2D eigenvalue weighted by Gasteiger charge is 2.48. The number of nitrogens with zero attached hydrogens (tertiary/aromatic N) is 1. The van der Waals surface area contributed by atoms with E-state index in [1.807, 2.05) is 0 Å². The molecule has 102 valence electrons. The van der Waals surface area contributed by atoms with Gasteiger partial charge in [0.15, 0.2) is 0 Å². The molecule has 1 aliphatic heterocycles. The van der Waals surface area contributed by atoms with Crippen molar-refractivity contribution < 1.29 is 0 Å². The zero-order valence-electron chi connectivity index (χ0n) is 12.2. The molecule has 2 bridgehead atoms. The van der Waals surface area contributed by atoms with Crippen molar-refractivity contribution in [2.45, 2.75) is 51.0 Å². The molecular weight excluding hydrogens is 230 g/mol. The van der Waals surface area contributed by atoms with Gasteiger partial charge in [-0.25, -0.2) is 0 Å². The summed E-state index contributed by atoms with van der Waals surface area (Å²) in [6.45, 7) is 7.69. The fraction of sp³-hybridized carbons (Fsp3) is 0.667. The van der Waals surface area contributed by atoms with Crippen LogP contribution >= 0.6 is 0 Å². The first kappa shape index (κ1) is 12.0. The van der Waals surface area contributed by atoms with Crippen molar-refractivity contribution in [3.8, 4) is 0 Å². The molecule has 2 fully saturated rings. The largest absolute Gasteiger partial charge is 0.299 e. The second-order valence-corrected chi connectivity index (χ2v) is 7.32. The van der Waals surface area contributed by atoms with Crippen LogP contribution < -0.4 is 0 Å². The molecule has 0 N–H and O–H groups in total. The molecule has 3 aliphatic rings. The van der Waals surface area contributed by atoms with Gasteiger partial charge in [-0.3, -0.25) is 4.90 Å². The Bertz CT molecular complexity index is 490. The Morgan fingerprint density at radius 3 is 2.84 bits per heavy atom. The van der Waals surface area contributed by atoms with Gasteiger partial charge < -0.3 is 0 Å². The molecule has 1 nitrogen and oxygen atoms in total. The van der Waals surface area contributed by atoms with E-state index in [4.69, 9.17) is 0 Å². The van der Waals surface area contributed by atoms with Crippen LogP contribution in [0.1, 0.15) is 44.2 Å². The number of hydrogen-bond acceptors (Lipinski definition) is 1. The summed E-state index contributed by atoms with van der Waals surface area (Å²) in [5, 5.41) is 0. The van der Waals surface area contributed by atoms with Crippen LogP contribution in [0.2, 0.25) is 0 Å². The van der Waals surface area contributed by atoms with Crippen molar-refractivity contribution in [3.05, 3.63) is 35.4 Å². The number of piperidine rings is 1. The minimum Gasteiger partial charge on any atom is -0.299 e. The summed E-state index contributed by atoms with van der Waals surface area (Å²) < 4.78 is 0. The lowest BCUT2D eigenvalue weighted by Gasteiger charge is -2.54. The molecule has 19 heavy (non-hydrogen) atoms. The minimum atomic E-state index is 0.416. The standard InChI is InChI=1S/C18H25N/c1-13-17-11-15-5-3-4-6-16(15)18(13,2)9-10-19(17)12-14-7-8-14/h3-6,13-14,17H,7-12H2,1-2H3/t13-,17+,18+/m1/s1. The Morgan fingerprint density at radius 2 is 2.05 bits per heavy atom. The van der Waals surface area contributed by atoms with E-state index in [1.54, 1.807) is 11.1 Å². The van der Waals surface area contributed by atoms with E-state index in [1.165, 1.54) is 38.8 Å². The first-order valence-electron chi connectivity index (χ1n) is 8.01. The van der Waals surface area contributed by atoms with Gasteiger partial charge >= 0.3 is 0 Å². The summed E-state index contributed by atoms with van der Waals surface area (Å²) in [4.78, 5) is 2.82. The molecular formula is C18H25N. The molecule has 3 atom stereocenters. The maximum Gasteiger partial charge on any atom is 0.0170 e. The lowest BCUT2D eigenvalue weighted by atomic mass is 9.59. The number of hydrogen-bond donors (Lipinski definition) is 0. The summed E-state index contributed by atoms with van der Waals surface area (Å²) in [7, 11) is 0. The van der Waals surface area contributed by atoms with Gasteiger partial charge in [0.25, 0.3) is 0 Å². The van der Waals surface area contributed by atoms with Crippen molar-refractivity contribution >= 4 is 0 Å². The first-order valence-corrected chi connectivity index (χ1v) is 8.01.